The first-order valence-electron chi connectivity index (χ1n) is 5.78. The zero-order valence-electron chi connectivity index (χ0n) is 10.4. The Bertz CT molecular complexity index is 614. The maximum absolute atomic E-state index is 13.5. The van der Waals surface area contributed by atoms with Gasteiger partial charge in [-0.2, -0.15) is 0 Å². The highest BCUT2D eigenvalue weighted by atomic mass is 35.5. The summed E-state index contributed by atoms with van der Waals surface area (Å²) in [5, 5.41) is 0.195. The van der Waals surface area contributed by atoms with Gasteiger partial charge in [0, 0.05) is 5.56 Å². The summed E-state index contributed by atoms with van der Waals surface area (Å²) in [6, 6.07) is 11.0. The van der Waals surface area contributed by atoms with Crippen LogP contribution in [0.2, 0.25) is 5.02 Å². The van der Waals surface area contributed by atoms with E-state index >= 15 is 0 Å². The highest BCUT2D eigenvalue weighted by Gasteiger charge is 2.09. The summed E-state index contributed by atoms with van der Waals surface area (Å²) in [6.07, 6.45) is 0. The highest BCUT2D eigenvalue weighted by Crippen LogP contribution is 2.28. The quantitative estimate of drug-likeness (QED) is 0.518. The van der Waals surface area contributed by atoms with Gasteiger partial charge >= 0.3 is 0 Å². The fourth-order valence-electron chi connectivity index (χ4n) is 1.66. The molecule has 4 nitrogen and oxygen atoms in total. The molecule has 3 N–H and O–H groups in total. The Labute approximate surface area is 120 Å². The number of ether oxygens (including phenoxy) is 1. The van der Waals surface area contributed by atoms with E-state index in [2.05, 4.69) is 0 Å². The second kappa shape index (κ2) is 6.36. The molecule has 0 aliphatic carbocycles. The highest BCUT2D eigenvalue weighted by molar-refractivity contribution is 6.32. The van der Waals surface area contributed by atoms with Crippen LogP contribution < -0.4 is 16.0 Å². The molecule has 6 heteroatoms. The van der Waals surface area contributed by atoms with Crippen LogP contribution in [0.3, 0.4) is 0 Å². The number of halogens is 2. The third-order valence-corrected chi connectivity index (χ3v) is 2.92. The van der Waals surface area contributed by atoms with Gasteiger partial charge in [-0.05, 0) is 29.8 Å². The van der Waals surface area contributed by atoms with Crippen molar-refractivity contribution in [2.24, 2.45) is 5.84 Å². The normalized spacial score (nSPS) is 10.2. The second-order valence-corrected chi connectivity index (χ2v) is 4.42. The van der Waals surface area contributed by atoms with Crippen LogP contribution in [0.5, 0.6) is 5.75 Å². The number of para-hydroxylation sites is 1. The van der Waals surface area contributed by atoms with Crippen molar-refractivity contribution >= 4 is 17.5 Å². The SMILES string of the molecule is NNC(=O)c1cccc(COc2c(F)cccc2Cl)c1. The average molecular weight is 295 g/mol. The Morgan fingerprint density at radius 1 is 1.30 bits per heavy atom. The number of nitrogens with one attached hydrogen (secondary N) is 1. The van der Waals surface area contributed by atoms with Crippen LogP contribution in [0, 0.1) is 5.82 Å². The van der Waals surface area contributed by atoms with Gasteiger partial charge in [-0.15, -0.1) is 0 Å². The molecule has 0 aliphatic rings. The molecule has 0 aliphatic heterocycles. The first-order valence-corrected chi connectivity index (χ1v) is 6.16. The maximum atomic E-state index is 13.5. The lowest BCUT2D eigenvalue weighted by Crippen LogP contribution is -2.30. The third kappa shape index (κ3) is 3.26. The van der Waals surface area contributed by atoms with Crippen LogP contribution >= 0.6 is 11.6 Å². The van der Waals surface area contributed by atoms with Crippen molar-refractivity contribution in [3.63, 3.8) is 0 Å². The number of nitrogens with two attached hydrogens (primary N) is 1. The summed E-state index contributed by atoms with van der Waals surface area (Å²) >= 11 is 5.85. The first kappa shape index (κ1) is 14.3. The second-order valence-electron chi connectivity index (χ2n) is 4.01. The number of benzene rings is 2. The summed E-state index contributed by atoms with van der Waals surface area (Å²) in [5.74, 6) is 4.11. The van der Waals surface area contributed by atoms with Gasteiger partial charge in [-0.25, -0.2) is 10.2 Å². The van der Waals surface area contributed by atoms with E-state index in [9.17, 15) is 9.18 Å². The first-order chi connectivity index (χ1) is 9.61. The lowest BCUT2D eigenvalue weighted by molar-refractivity contribution is 0.0953. The predicted molar refractivity (Wildman–Crippen MR) is 73.8 cm³/mol. The van der Waals surface area contributed by atoms with Gasteiger partial charge in [-0.3, -0.25) is 10.2 Å². The molecule has 0 saturated carbocycles. The molecule has 0 unspecified atom stereocenters. The largest absolute Gasteiger partial charge is 0.484 e. The lowest BCUT2D eigenvalue weighted by atomic mass is 10.1. The van der Waals surface area contributed by atoms with E-state index in [1.165, 1.54) is 18.2 Å². The summed E-state index contributed by atoms with van der Waals surface area (Å²) in [5.41, 5.74) is 3.14. The molecule has 2 aromatic rings. The molecule has 1 amide bonds. The molecule has 0 atom stereocenters. The van der Waals surface area contributed by atoms with Crippen LogP contribution in [-0.4, -0.2) is 5.91 Å². The molecule has 0 heterocycles. The van der Waals surface area contributed by atoms with Crippen molar-refractivity contribution < 1.29 is 13.9 Å². The summed E-state index contributed by atoms with van der Waals surface area (Å²) in [7, 11) is 0. The van der Waals surface area contributed by atoms with Crippen LogP contribution in [0.15, 0.2) is 42.5 Å². The molecular weight excluding hydrogens is 283 g/mol. The molecule has 0 radical (unpaired) electrons. The van der Waals surface area contributed by atoms with Crippen LogP contribution in [0.1, 0.15) is 15.9 Å². The Kier molecular flexibility index (Phi) is 4.55. The Hall–Kier alpha value is -2.11. The topological polar surface area (TPSA) is 64.3 Å². The van der Waals surface area contributed by atoms with E-state index in [4.69, 9.17) is 22.2 Å². The number of hydrogen-bond acceptors (Lipinski definition) is 3. The minimum Gasteiger partial charge on any atom is -0.484 e. The van der Waals surface area contributed by atoms with Crippen molar-refractivity contribution in [2.45, 2.75) is 6.61 Å². The van der Waals surface area contributed by atoms with E-state index in [1.807, 2.05) is 5.43 Å². The standard InChI is InChI=1S/C14H12ClFN2O2/c15-11-5-2-6-12(16)13(11)20-8-9-3-1-4-10(7-9)14(19)18-17/h1-7H,8,17H2,(H,18,19). The predicted octanol–water partition coefficient (Wildman–Crippen LogP) is 2.66. The number of hydrazine groups is 1. The number of rotatable bonds is 4. The zero-order valence-corrected chi connectivity index (χ0v) is 11.2. The minimum atomic E-state index is -0.534. The maximum Gasteiger partial charge on any atom is 0.265 e. The molecule has 2 aromatic carbocycles. The molecule has 20 heavy (non-hydrogen) atoms. The molecule has 2 rings (SSSR count). The monoisotopic (exact) mass is 294 g/mol. The van der Waals surface area contributed by atoms with Gasteiger partial charge in [-0.1, -0.05) is 29.8 Å². The summed E-state index contributed by atoms with van der Waals surface area (Å²) < 4.78 is 18.9. The van der Waals surface area contributed by atoms with E-state index in [0.717, 1.165) is 0 Å². The van der Waals surface area contributed by atoms with Gasteiger partial charge in [0.15, 0.2) is 11.6 Å². The van der Waals surface area contributed by atoms with Gasteiger partial charge < -0.3 is 4.74 Å². The van der Waals surface area contributed by atoms with Crippen LogP contribution in [-0.2, 0) is 6.61 Å². The smallest absolute Gasteiger partial charge is 0.265 e. The number of hydrogen-bond donors (Lipinski definition) is 2. The molecule has 0 spiro atoms. The van der Waals surface area contributed by atoms with Crippen LogP contribution in [0.4, 0.5) is 4.39 Å². The Balaban J connectivity index is 2.13. The van der Waals surface area contributed by atoms with Crippen molar-refractivity contribution in [1.29, 1.82) is 0 Å². The average Bonchev–Trinajstić information content (AvgIpc) is 2.46. The molecule has 0 aromatic heterocycles. The molecule has 104 valence electrons. The van der Waals surface area contributed by atoms with E-state index in [-0.39, 0.29) is 17.4 Å². The number of carbonyl (C=O) groups is 1. The lowest BCUT2D eigenvalue weighted by Gasteiger charge is -2.09. The molecule has 0 fully saturated rings. The zero-order chi connectivity index (χ0) is 14.5. The molecule has 0 bridgehead atoms. The Morgan fingerprint density at radius 2 is 2.05 bits per heavy atom. The number of amides is 1. The van der Waals surface area contributed by atoms with Gasteiger partial charge in [0.1, 0.15) is 6.61 Å². The number of nitrogen functional groups attached to an aromatic ring is 1. The van der Waals surface area contributed by atoms with Crippen molar-refractivity contribution in [1.82, 2.24) is 5.43 Å². The van der Waals surface area contributed by atoms with E-state index in [1.54, 1.807) is 24.3 Å². The fourth-order valence-corrected chi connectivity index (χ4v) is 1.88. The van der Waals surface area contributed by atoms with Crippen molar-refractivity contribution in [3.05, 3.63) is 64.4 Å². The summed E-state index contributed by atoms with van der Waals surface area (Å²) in [6.45, 7) is 0.0896. The van der Waals surface area contributed by atoms with Crippen LogP contribution in [0.25, 0.3) is 0 Å². The molecule has 0 saturated heterocycles. The van der Waals surface area contributed by atoms with Crippen molar-refractivity contribution in [2.75, 3.05) is 0 Å². The van der Waals surface area contributed by atoms with Crippen molar-refractivity contribution in [3.8, 4) is 5.75 Å². The molecular formula is C14H12ClFN2O2. The van der Waals surface area contributed by atoms with Gasteiger partial charge in [0.25, 0.3) is 5.91 Å². The Morgan fingerprint density at radius 3 is 2.75 bits per heavy atom. The van der Waals surface area contributed by atoms with E-state index < -0.39 is 11.7 Å². The minimum absolute atomic E-state index is 0.0113. The summed E-state index contributed by atoms with van der Waals surface area (Å²) in [4.78, 5) is 11.4. The fraction of sp³-hybridized carbons (Fsp3) is 0.0714. The van der Waals surface area contributed by atoms with E-state index in [0.29, 0.717) is 11.1 Å². The van der Waals surface area contributed by atoms with Gasteiger partial charge in [0.05, 0.1) is 5.02 Å². The number of carbonyl (C=O) groups excluding carboxylic acids is 1. The third-order valence-electron chi connectivity index (χ3n) is 2.62. The van der Waals surface area contributed by atoms with Gasteiger partial charge in [0.2, 0.25) is 0 Å².